The van der Waals surface area contributed by atoms with Gasteiger partial charge in [0.15, 0.2) is 4.96 Å². The van der Waals surface area contributed by atoms with Gasteiger partial charge in [-0.3, -0.25) is 18.9 Å². The third kappa shape index (κ3) is 3.77. The summed E-state index contributed by atoms with van der Waals surface area (Å²) in [5.41, 5.74) is 6.13. The minimum atomic E-state index is -0.0551. The molecule has 1 aliphatic rings. The number of hydrogen-bond donors (Lipinski definition) is 2. The fourth-order valence-corrected chi connectivity index (χ4v) is 3.69. The van der Waals surface area contributed by atoms with Crippen LogP contribution in [-0.4, -0.2) is 46.4 Å². The van der Waals surface area contributed by atoms with E-state index in [2.05, 4.69) is 15.2 Å². The molecule has 1 aliphatic heterocycles. The number of rotatable bonds is 5. The summed E-state index contributed by atoms with van der Waals surface area (Å²) < 4.78 is 1.55. The predicted molar refractivity (Wildman–Crippen MR) is 89.4 cm³/mol. The molecule has 124 valence electrons. The Morgan fingerprint density at radius 3 is 3.22 bits per heavy atom. The van der Waals surface area contributed by atoms with Gasteiger partial charge in [0.2, 0.25) is 5.91 Å². The standard InChI is InChI=1S/C15H21N5O2S/c16-3-4-17-14(22)11-2-1-5-19(9-11)10-12-8-13(21)20-6-7-23-15(20)18-12/h6-8,11H,1-5,9-10,16H2,(H,17,22). The van der Waals surface area contributed by atoms with E-state index >= 15 is 0 Å². The first kappa shape index (κ1) is 16.1. The van der Waals surface area contributed by atoms with E-state index in [1.54, 1.807) is 16.7 Å². The van der Waals surface area contributed by atoms with Gasteiger partial charge in [0.1, 0.15) is 0 Å². The van der Waals surface area contributed by atoms with Gasteiger partial charge < -0.3 is 11.1 Å². The van der Waals surface area contributed by atoms with Crippen LogP contribution in [0, 0.1) is 5.92 Å². The van der Waals surface area contributed by atoms with Gasteiger partial charge in [-0.2, -0.15) is 0 Å². The first-order chi connectivity index (χ1) is 11.2. The molecule has 3 rings (SSSR count). The first-order valence-electron chi connectivity index (χ1n) is 7.83. The van der Waals surface area contributed by atoms with Crippen molar-refractivity contribution < 1.29 is 4.79 Å². The average molecular weight is 335 g/mol. The van der Waals surface area contributed by atoms with Gasteiger partial charge in [0.05, 0.1) is 11.6 Å². The minimum absolute atomic E-state index is 0.0122. The zero-order valence-corrected chi connectivity index (χ0v) is 13.7. The second kappa shape index (κ2) is 7.20. The maximum absolute atomic E-state index is 12.1. The van der Waals surface area contributed by atoms with Gasteiger partial charge in [-0.1, -0.05) is 0 Å². The third-order valence-corrected chi connectivity index (χ3v) is 4.82. The Labute approximate surface area is 138 Å². The SMILES string of the molecule is NCCNC(=O)C1CCCN(Cc2cc(=O)n3ccsc3n2)C1. The number of fused-ring (bicyclic) bond motifs is 1. The lowest BCUT2D eigenvalue weighted by Gasteiger charge is -2.31. The van der Waals surface area contributed by atoms with Crippen LogP contribution < -0.4 is 16.6 Å². The van der Waals surface area contributed by atoms with Gasteiger partial charge in [-0.15, -0.1) is 11.3 Å². The van der Waals surface area contributed by atoms with E-state index in [0.717, 1.165) is 25.1 Å². The lowest BCUT2D eigenvalue weighted by atomic mass is 9.97. The van der Waals surface area contributed by atoms with Crippen molar-refractivity contribution in [1.29, 1.82) is 0 Å². The number of aromatic nitrogens is 2. The summed E-state index contributed by atoms with van der Waals surface area (Å²) in [4.78, 5) is 31.6. The highest BCUT2D eigenvalue weighted by Crippen LogP contribution is 2.18. The van der Waals surface area contributed by atoms with Crippen LogP contribution in [0.1, 0.15) is 18.5 Å². The Kier molecular flexibility index (Phi) is 5.04. The van der Waals surface area contributed by atoms with Gasteiger partial charge in [-0.25, -0.2) is 4.98 Å². The van der Waals surface area contributed by atoms with Crippen molar-refractivity contribution in [2.24, 2.45) is 11.7 Å². The third-order valence-electron chi connectivity index (χ3n) is 4.06. The quantitative estimate of drug-likeness (QED) is 0.805. The van der Waals surface area contributed by atoms with Crippen molar-refractivity contribution in [3.8, 4) is 0 Å². The zero-order valence-electron chi connectivity index (χ0n) is 12.9. The second-order valence-corrected chi connectivity index (χ2v) is 6.67. The Bertz CT molecular complexity index is 741. The van der Waals surface area contributed by atoms with Crippen LogP contribution in [0.25, 0.3) is 4.96 Å². The number of thiazole rings is 1. The van der Waals surface area contributed by atoms with Crippen molar-refractivity contribution in [2.75, 3.05) is 26.2 Å². The zero-order chi connectivity index (χ0) is 16.2. The molecule has 0 saturated carbocycles. The smallest absolute Gasteiger partial charge is 0.258 e. The monoisotopic (exact) mass is 335 g/mol. The van der Waals surface area contributed by atoms with E-state index in [4.69, 9.17) is 5.73 Å². The molecular weight excluding hydrogens is 314 g/mol. The van der Waals surface area contributed by atoms with E-state index in [1.165, 1.54) is 11.3 Å². The molecule has 0 spiro atoms. The minimum Gasteiger partial charge on any atom is -0.355 e. The molecule has 0 bridgehead atoms. The maximum atomic E-state index is 12.1. The van der Waals surface area contributed by atoms with Crippen molar-refractivity contribution >= 4 is 22.2 Å². The number of likely N-dealkylation sites (tertiary alicyclic amines) is 1. The summed E-state index contributed by atoms with van der Waals surface area (Å²) in [6, 6.07) is 1.58. The second-order valence-electron chi connectivity index (χ2n) is 5.80. The Morgan fingerprint density at radius 2 is 2.39 bits per heavy atom. The van der Waals surface area contributed by atoms with Crippen molar-refractivity contribution in [3.63, 3.8) is 0 Å². The predicted octanol–water partition coefficient (Wildman–Crippen LogP) is 0.0429. The molecule has 0 radical (unpaired) electrons. The highest BCUT2D eigenvalue weighted by Gasteiger charge is 2.25. The number of hydrogen-bond acceptors (Lipinski definition) is 6. The van der Waals surface area contributed by atoms with Crippen molar-refractivity contribution in [2.45, 2.75) is 19.4 Å². The first-order valence-corrected chi connectivity index (χ1v) is 8.71. The fraction of sp³-hybridized carbons (Fsp3) is 0.533. The van der Waals surface area contributed by atoms with E-state index < -0.39 is 0 Å². The molecule has 0 aliphatic carbocycles. The van der Waals surface area contributed by atoms with Gasteiger partial charge >= 0.3 is 0 Å². The van der Waals surface area contributed by atoms with Crippen LogP contribution >= 0.6 is 11.3 Å². The summed E-state index contributed by atoms with van der Waals surface area (Å²) in [6.07, 6.45) is 3.60. The topological polar surface area (TPSA) is 92.7 Å². The Morgan fingerprint density at radius 1 is 1.52 bits per heavy atom. The molecule has 1 fully saturated rings. The normalized spacial score (nSPS) is 19.1. The number of nitrogens with zero attached hydrogens (tertiary/aromatic N) is 3. The number of nitrogens with two attached hydrogens (primary N) is 1. The molecule has 3 heterocycles. The molecule has 7 nitrogen and oxygen atoms in total. The van der Waals surface area contributed by atoms with Crippen LogP contribution in [0.15, 0.2) is 22.4 Å². The summed E-state index contributed by atoms with van der Waals surface area (Å²) >= 11 is 1.45. The summed E-state index contributed by atoms with van der Waals surface area (Å²) in [5.74, 6) is 0.0590. The molecule has 2 aromatic heterocycles. The van der Waals surface area contributed by atoms with Crippen LogP contribution in [0.2, 0.25) is 0 Å². The average Bonchev–Trinajstić information content (AvgIpc) is 3.02. The molecule has 3 N–H and O–H groups in total. The number of piperidine rings is 1. The molecular formula is C15H21N5O2S. The van der Waals surface area contributed by atoms with Crippen LogP contribution in [0.3, 0.4) is 0 Å². The number of nitrogens with one attached hydrogen (secondary N) is 1. The van der Waals surface area contributed by atoms with Gasteiger partial charge in [-0.05, 0) is 19.4 Å². The van der Waals surface area contributed by atoms with Crippen molar-refractivity contribution in [3.05, 3.63) is 33.7 Å². The summed E-state index contributed by atoms with van der Waals surface area (Å²) in [5, 5.41) is 4.71. The summed E-state index contributed by atoms with van der Waals surface area (Å²) in [6.45, 7) is 3.19. The highest BCUT2D eigenvalue weighted by atomic mass is 32.1. The Balaban J connectivity index is 1.66. The maximum Gasteiger partial charge on any atom is 0.258 e. The van der Waals surface area contributed by atoms with E-state index in [-0.39, 0.29) is 17.4 Å². The van der Waals surface area contributed by atoms with E-state index in [9.17, 15) is 9.59 Å². The largest absolute Gasteiger partial charge is 0.355 e. The Hall–Kier alpha value is -1.77. The fourth-order valence-electron chi connectivity index (χ4n) is 2.95. The van der Waals surface area contributed by atoms with Gasteiger partial charge in [0.25, 0.3) is 5.56 Å². The molecule has 1 saturated heterocycles. The molecule has 23 heavy (non-hydrogen) atoms. The number of carbonyl (C=O) groups excluding carboxylic acids is 1. The molecule has 1 unspecified atom stereocenters. The van der Waals surface area contributed by atoms with Gasteiger partial charge in [0, 0.05) is 43.8 Å². The molecule has 2 aromatic rings. The molecule has 8 heteroatoms. The molecule has 1 atom stereocenters. The lowest BCUT2D eigenvalue weighted by Crippen LogP contribution is -2.43. The van der Waals surface area contributed by atoms with Crippen LogP contribution in [-0.2, 0) is 11.3 Å². The lowest BCUT2D eigenvalue weighted by molar-refractivity contribution is -0.126. The summed E-state index contributed by atoms with van der Waals surface area (Å²) in [7, 11) is 0. The molecule has 0 aromatic carbocycles. The highest BCUT2D eigenvalue weighted by molar-refractivity contribution is 7.15. The van der Waals surface area contributed by atoms with E-state index in [0.29, 0.717) is 31.1 Å². The van der Waals surface area contributed by atoms with Crippen LogP contribution in [0.5, 0.6) is 0 Å². The molecule has 1 amide bonds. The number of amides is 1. The van der Waals surface area contributed by atoms with Crippen molar-refractivity contribution in [1.82, 2.24) is 19.6 Å². The number of carbonyl (C=O) groups is 1. The van der Waals surface area contributed by atoms with E-state index in [1.807, 2.05) is 5.38 Å². The van der Waals surface area contributed by atoms with Crippen LogP contribution in [0.4, 0.5) is 0 Å².